The maximum absolute atomic E-state index is 15.0. The number of hydrogen-bond acceptors (Lipinski definition) is 4. The molecular weight excluding hydrogens is 299 g/mol. The summed E-state index contributed by atoms with van der Waals surface area (Å²) in [5.41, 5.74) is -1.80. The summed E-state index contributed by atoms with van der Waals surface area (Å²) in [6, 6.07) is 3.23. The lowest BCUT2D eigenvalue weighted by Gasteiger charge is -2.32. The number of alkyl halides is 1. The highest BCUT2D eigenvalue weighted by Crippen LogP contribution is 2.32. The molecular formula is C16H23FN4O2. The zero-order chi connectivity index (χ0) is 17.3. The number of rotatable bonds is 3. The molecule has 2 rings (SSSR count). The Labute approximate surface area is 135 Å². The first-order valence-corrected chi connectivity index (χ1v) is 7.60. The van der Waals surface area contributed by atoms with Crippen molar-refractivity contribution >= 4 is 23.3 Å². The van der Waals surface area contributed by atoms with E-state index < -0.39 is 11.6 Å². The van der Waals surface area contributed by atoms with Crippen LogP contribution in [0.15, 0.2) is 18.3 Å². The fraction of sp³-hybridized carbons (Fsp3) is 0.562. The number of anilines is 2. The number of amides is 2. The summed E-state index contributed by atoms with van der Waals surface area (Å²) in [5.74, 6) is -0.864. The Bertz CT molecular complexity index is 614. The van der Waals surface area contributed by atoms with Gasteiger partial charge in [0.15, 0.2) is 5.82 Å². The van der Waals surface area contributed by atoms with Gasteiger partial charge in [-0.15, -0.1) is 0 Å². The molecule has 0 aliphatic carbocycles. The Morgan fingerprint density at radius 1 is 1.35 bits per heavy atom. The molecule has 1 aliphatic rings. The monoisotopic (exact) mass is 322 g/mol. The average molecular weight is 322 g/mol. The topological polar surface area (TPSA) is 74.3 Å². The van der Waals surface area contributed by atoms with Crippen molar-refractivity contribution in [3.8, 4) is 0 Å². The number of nitrogens with one attached hydrogen (secondary N) is 2. The largest absolute Gasteiger partial charge is 0.323 e. The summed E-state index contributed by atoms with van der Waals surface area (Å²) in [7, 11) is 0. The highest BCUT2D eigenvalue weighted by atomic mass is 19.1. The van der Waals surface area contributed by atoms with Crippen LogP contribution in [0.1, 0.15) is 34.1 Å². The third-order valence-electron chi connectivity index (χ3n) is 3.93. The molecule has 0 bridgehead atoms. The van der Waals surface area contributed by atoms with E-state index in [4.69, 9.17) is 0 Å². The fourth-order valence-corrected chi connectivity index (χ4v) is 2.55. The molecule has 1 aromatic rings. The molecule has 1 fully saturated rings. The van der Waals surface area contributed by atoms with Gasteiger partial charge in [-0.25, -0.2) is 9.37 Å². The molecule has 1 saturated heterocycles. The Morgan fingerprint density at radius 2 is 2.04 bits per heavy atom. The third kappa shape index (κ3) is 4.04. The number of likely N-dealkylation sites (tertiary alicyclic amines) is 1. The van der Waals surface area contributed by atoms with Crippen LogP contribution in [-0.4, -0.2) is 46.0 Å². The maximum atomic E-state index is 15.0. The van der Waals surface area contributed by atoms with Crippen molar-refractivity contribution < 1.29 is 14.0 Å². The minimum Gasteiger partial charge on any atom is -0.323 e. The lowest BCUT2D eigenvalue weighted by Crippen LogP contribution is -2.46. The molecule has 2 heterocycles. The Kier molecular flexibility index (Phi) is 4.70. The number of pyridine rings is 1. The van der Waals surface area contributed by atoms with Crippen molar-refractivity contribution in [3.63, 3.8) is 0 Å². The molecule has 0 radical (unpaired) electrons. The van der Waals surface area contributed by atoms with Gasteiger partial charge in [-0.3, -0.25) is 14.5 Å². The summed E-state index contributed by atoms with van der Waals surface area (Å²) < 4.78 is 15.0. The van der Waals surface area contributed by atoms with Crippen LogP contribution in [0.2, 0.25) is 0 Å². The molecule has 1 unspecified atom stereocenters. The van der Waals surface area contributed by atoms with Crippen LogP contribution < -0.4 is 10.6 Å². The predicted molar refractivity (Wildman–Crippen MR) is 87.0 cm³/mol. The van der Waals surface area contributed by atoms with Gasteiger partial charge in [-0.2, -0.15) is 0 Å². The minimum absolute atomic E-state index is 0.0463. The number of aromatic nitrogens is 1. The average Bonchev–Trinajstić information content (AvgIpc) is 2.84. The Morgan fingerprint density at radius 3 is 2.61 bits per heavy atom. The number of carbonyl (C=O) groups excluding carboxylic acids is 2. The maximum Gasteiger partial charge on any atom is 0.264 e. The number of hydrogen-bond donors (Lipinski definition) is 2. The van der Waals surface area contributed by atoms with Crippen molar-refractivity contribution in [1.29, 1.82) is 0 Å². The summed E-state index contributed by atoms with van der Waals surface area (Å²) in [6.07, 6.45) is 1.61. The standard InChI is InChI=1S/C16H23FN4O2/c1-11(22)19-12-6-5-8-18-13(12)20-14(23)16(17)7-9-21(10-16)15(2,3)4/h5-6,8H,7,9-10H2,1-4H3,(H,19,22)(H,18,20,23). The van der Waals surface area contributed by atoms with E-state index in [0.717, 1.165) is 0 Å². The van der Waals surface area contributed by atoms with Crippen LogP contribution in [0, 0.1) is 0 Å². The molecule has 126 valence electrons. The van der Waals surface area contributed by atoms with Gasteiger partial charge in [-0.1, -0.05) is 0 Å². The lowest BCUT2D eigenvalue weighted by atomic mass is 10.0. The molecule has 1 aliphatic heterocycles. The van der Waals surface area contributed by atoms with E-state index in [0.29, 0.717) is 12.2 Å². The normalized spacial score (nSPS) is 22.0. The third-order valence-corrected chi connectivity index (χ3v) is 3.93. The summed E-state index contributed by atoms with van der Waals surface area (Å²) in [5, 5.41) is 5.07. The molecule has 1 aromatic heterocycles. The SMILES string of the molecule is CC(=O)Nc1cccnc1NC(=O)C1(F)CCN(C(C)(C)C)C1. The molecule has 0 spiro atoms. The van der Waals surface area contributed by atoms with E-state index >= 15 is 0 Å². The first-order chi connectivity index (χ1) is 10.6. The first kappa shape index (κ1) is 17.3. The fourth-order valence-electron chi connectivity index (χ4n) is 2.55. The van der Waals surface area contributed by atoms with Gasteiger partial charge < -0.3 is 10.6 Å². The van der Waals surface area contributed by atoms with Crippen molar-refractivity contribution in [3.05, 3.63) is 18.3 Å². The lowest BCUT2D eigenvalue weighted by molar-refractivity contribution is -0.126. The van der Waals surface area contributed by atoms with Crippen LogP contribution in [0.3, 0.4) is 0 Å². The van der Waals surface area contributed by atoms with Crippen molar-refractivity contribution in [2.45, 2.75) is 45.3 Å². The second-order valence-electron chi connectivity index (χ2n) is 6.84. The van der Waals surface area contributed by atoms with Gasteiger partial charge in [0.1, 0.15) is 0 Å². The highest BCUT2D eigenvalue weighted by Gasteiger charge is 2.47. The quantitative estimate of drug-likeness (QED) is 0.894. The number of halogens is 1. The second kappa shape index (κ2) is 6.23. The van der Waals surface area contributed by atoms with E-state index in [1.807, 2.05) is 25.7 Å². The zero-order valence-corrected chi connectivity index (χ0v) is 13.9. The van der Waals surface area contributed by atoms with Crippen LogP contribution >= 0.6 is 0 Å². The summed E-state index contributed by atoms with van der Waals surface area (Å²) >= 11 is 0. The zero-order valence-electron chi connectivity index (χ0n) is 13.9. The molecule has 2 N–H and O–H groups in total. The van der Waals surface area contributed by atoms with E-state index in [9.17, 15) is 14.0 Å². The van der Waals surface area contributed by atoms with Gasteiger partial charge in [0, 0.05) is 38.2 Å². The van der Waals surface area contributed by atoms with Gasteiger partial charge in [-0.05, 0) is 32.9 Å². The number of nitrogens with zero attached hydrogens (tertiary/aromatic N) is 2. The Hall–Kier alpha value is -2.02. The van der Waals surface area contributed by atoms with Gasteiger partial charge >= 0.3 is 0 Å². The van der Waals surface area contributed by atoms with E-state index in [1.165, 1.54) is 13.1 Å². The Balaban J connectivity index is 2.12. The van der Waals surface area contributed by atoms with E-state index in [1.54, 1.807) is 12.1 Å². The molecule has 1 atom stereocenters. The molecule has 6 nitrogen and oxygen atoms in total. The van der Waals surface area contributed by atoms with E-state index in [-0.39, 0.29) is 30.2 Å². The molecule has 2 amide bonds. The van der Waals surface area contributed by atoms with Crippen molar-refractivity contribution in [1.82, 2.24) is 9.88 Å². The van der Waals surface area contributed by atoms with Crippen LogP contribution in [0.5, 0.6) is 0 Å². The smallest absolute Gasteiger partial charge is 0.264 e. The highest BCUT2D eigenvalue weighted by molar-refractivity contribution is 6.01. The molecule has 0 aromatic carbocycles. The summed E-state index contributed by atoms with van der Waals surface area (Å²) in [6.45, 7) is 7.89. The predicted octanol–water partition coefficient (Wildman–Crippen LogP) is 2.19. The van der Waals surface area contributed by atoms with Crippen molar-refractivity contribution in [2.75, 3.05) is 23.7 Å². The molecule has 7 heteroatoms. The first-order valence-electron chi connectivity index (χ1n) is 7.60. The summed E-state index contributed by atoms with van der Waals surface area (Å²) in [4.78, 5) is 29.5. The van der Waals surface area contributed by atoms with Crippen LogP contribution in [0.4, 0.5) is 15.9 Å². The van der Waals surface area contributed by atoms with Crippen LogP contribution in [-0.2, 0) is 9.59 Å². The molecule has 23 heavy (non-hydrogen) atoms. The van der Waals surface area contributed by atoms with Crippen LogP contribution in [0.25, 0.3) is 0 Å². The van der Waals surface area contributed by atoms with Gasteiger partial charge in [0.05, 0.1) is 5.69 Å². The van der Waals surface area contributed by atoms with Gasteiger partial charge in [0.2, 0.25) is 11.6 Å². The van der Waals surface area contributed by atoms with Crippen molar-refractivity contribution in [2.24, 2.45) is 0 Å². The second-order valence-corrected chi connectivity index (χ2v) is 6.84. The minimum atomic E-state index is -1.96. The molecule has 0 saturated carbocycles. The van der Waals surface area contributed by atoms with Gasteiger partial charge in [0.25, 0.3) is 5.91 Å². The van der Waals surface area contributed by atoms with E-state index in [2.05, 4.69) is 15.6 Å². The number of carbonyl (C=O) groups is 2.